The highest BCUT2D eigenvalue weighted by molar-refractivity contribution is 7.98. The SMILES string of the molecule is CCCNCC(=O)NC(C)CSC. The van der Waals surface area contributed by atoms with E-state index in [4.69, 9.17) is 0 Å². The number of thioether (sulfide) groups is 1. The number of carbonyl (C=O) groups is 1. The fourth-order valence-electron chi connectivity index (χ4n) is 0.996. The van der Waals surface area contributed by atoms with Gasteiger partial charge in [-0.2, -0.15) is 11.8 Å². The van der Waals surface area contributed by atoms with E-state index in [1.165, 1.54) is 0 Å². The molecule has 0 aromatic carbocycles. The molecule has 0 bridgehead atoms. The van der Waals surface area contributed by atoms with Gasteiger partial charge < -0.3 is 10.6 Å². The van der Waals surface area contributed by atoms with Gasteiger partial charge in [0.15, 0.2) is 0 Å². The van der Waals surface area contributed by atoms with Gasteiger partial charge in [-0.3, -0.25) is 4.79 Å². The summed E-state index contributed by atoms with van der Waals surface area (Å²) in [6.07, 6.45) is 3.10. The van der Waals surface area contributed by atoms with Crippen molar-refractivity contribution in [1.82, 2.24) is 10.6 Å². The minimum Gasteiger partial charge on any atom is -0.352 e. The maximum absolute atomic E-state index is 11.2. The van der Waals surface area contributed by atoms with E-state index >= 15 is 0 Å². The summed E-state index contributed by atoms with van der Waals surface area (Å²) in [4.78, 5) is 11.2. The average molecular weight is 204 g/mol. The monoisotopic (exact) mass is 204 g/mol. The summed E-state index contributed by atoms with van der Waals surface area (Å²) in [6.45, 7) is 5.45. The van der Waals surface area contributed by atoms with Crippen LogP contribution in [0.3, 0.4) is 0 Å². The smallest absolute Gasteiger partial charge is 0.234 e. The maximum atomic E-state index is 11.2. The molecule has 0 aromatic heterocycles. The molecule has 1 atom stereocenters. The number of nitrogens with one attached hydrogen (secondary N) is 2. The third kappa shape index (κ3) is 8.12. The molecule has 0 aliphatic rings. The molecule has 0 rings (SSSR count). The highest BCUT2D eigenvalue weighted by Crippen LogP contribution is 1.95. The number of amides is 1. The van der Waals surface area contributed by atoms with Gasteiger partial charge in [0.05, 0.1) is 6.54 Å². The second kappa shape index (κ2) is 8.38. The first-order valence-corrected chi connectivity index (χ1v) is 6.09. The molecule has 0 aliphatic carbocycles. The van der Waals surface area contributed by atoms with Gasteiger partial charge in [-0.05, 0) is 26.1 Å². The van der Waals surface area contributed by atoms with Crippen molar-refractivity contribution in [2.24, 2.45) is 0 Å². The van der Waals surface area contributed by atoms with Crippen LogP contribution < -0.4 is 10.6 Å². The van der Waals surface area contributed by atoms with Gasteiger partial charge in [-0.25, -0.2) is 0 Å². The normalized spacial score (nSPS) is 12.5. The summed E-state index contributed by atoms with van der Waals surface area (Å²) >= 11 is 1.74. The number of rotatable bonds is 7. The number of hydrogen-bond acceptors (Lipinski definition) is 3. The lowest BCUT2D eigenvalue weighted by atomic mass is 10.4. The van der Waals surface area contributed by atoms with Crippen molar-refractivity contribution < 1.29 is 4.79 Å². The summed E-state index contributed by atoms with van der Waals surface area (Å²) in [5.41, 5.74) is 0. The van der Waals surface area contributed by atoms with E-state index < -0.39 is 0 Å². The zero-order chi connectivity index (χ0) is 10.1. The first-order valence-electron chi connectivity index (χ1n) is 4.69. The van der Waals surface area contributed by atoms with E-state index in [0.717, 1.165) is 18.7 Å². The Morgan fingerprint density at radius 3 is 2.77 bits per heavy atom. The Bertz CT molecular complexity index is 142. The molecule has 0 fully saturated rings. The van der Waals surface area contributed by atoms with E-state index in [0.29, 0.717) is 6.54 Å². The van der Waals surface area contributed by atoms with Gasteiger partial charge in [0.25, 0.3) is 0 Å². The van der Waals surface area contributed by atoms with E-state index in [1.54, 1.807) is 11.8 Å². The fourth-order valence-corrected chi connectivity index (χ4v) is 1.58. The van der Waals surface area contributed by atoms with E-state index in [2.05, 4.69) is 17.6 Å². The maximum Gasteiger partial charge on any atom is 0.234 e. The Morgan fingerprint density at radius 2 is 2.23 bits per heavy atom. The molecule has 2 N–H and O–H groups in total. The standard InChI is InChI=1S/C9H20N2OS/c1-4-5-10-6-9(12)11-8(2)7-13-3/h8,10H,4-7H2,1-3H3,(H,11,12). The van der Waals surface area contributed by atoms with Gasteiger partial charge in [-0.15, -0.1) is 0 Å². The Balaban J connectivity index is 3.38. The third-order valence-corrected chi connectivity index (χ3v) is 2.37. The highest BCUT2D eigenvalue weighted by Gasteiger charge is 2.04. The molecule has 0 saturated carbocycles. The Labute approximate surface area is 85.0 Å². The van der Waals surface area contributed by atoms with Crippen molar-refractivity contribution in [1.29, 1.82) is 0 Å². The van der Waals surface area contributed by atoms with Crippen molar-refractivity contribution in [2.45, 2.75) is 26.3 Å². The van der Waals surface area contributed by atoms with E-state index in [9.17, 15) is 4.79 Å². The average Bonchev–Trinajstić information content (AvgIpc) is 2.05. The molecular formula is C9H20N2OS. The van der Waals surface area contributed by atoms with Crippen molar-refractivity contribution in [3.8, 4) is 0 Å². The zero-order valence-electron chi connectivity index (χ0n) is 8.72. The molecule has 0 radical (unpaired) electrons. The Morgan fingerprint density at radius 1 is 1.54 bits per heavy atom. The predicted molar refractivity (Wildman–Crippen MR) is 59.1 cm³/mol. The number of carbonyl (C=O) groups excluding carboxylic acids is 1. The van der Waals surface area contributed by atoms with E-state index in [-0.39, 0.29) is 11.9 Å². The minimum atomic E-state index is 0.0926. The molecule has 0 aliphatic heterocycles. The van der Waals surface area contributed by atoms with Crippen LogP contribution in [0.2, 0.25) is 0 Å². The summed E-state index contributed by atoms with van der Waals surface area (Å²) in [5, 5.41) is 5.98. The lowest BCUT2D eigenvalue weighted by Gasteiger charge is -2.12. The Kier molecular flexibility index (Phi) is 8.24. The van der Waals surface area contributed by atoms with Crippen LogP contribution in [-0.4, -0.2) is 37.0 Å². The molecular weight excluding hydrogens is 184 g/mol. The van der Waals surface area contributed by atoms with E-state index in [1.807, 2.05) is 13.2 Å². The lowest BCUT2D eigenvalue weighted by Crippen LogP contribution is -2.40. The van der Waals surface area contributed by atoms with Crippen LogP contribution in [0.15, 0.2) is 0 Å². The van der Waals surface area contributed by atoms with Crippen LogP contribution in [0.25, 0.3) is 0 Å². The van der Waals surface area contributed by atoms with Crippen LogP contribution in [0, 0.1) is 0 Å². The predicted octanol–water partition coefficient (Wildman–Crippen LogP) is 0.854. The highest BCUT2D eigenvalue weighted by atomic mass is 32.2. The molecule has 3 nitrogen and oxygen atoms in total. The molecule has 0 spiro atoms. The van der Waals surface area contributed by atoms with Crippen molar-refractivity contribution in [3.05, 3.63) is 0 Å². The summed E-state index contributed by atoms with van der Waals surface area (Å²) in [5.74, 6) is 1.06. The molecule has 1 amide bonds. The largest absolute Gasteiger partial charge is 0.352 e. The molecule has 0 heterocycles. The summed E-state index contributed by atoms with van der Waals surface area (Å²) in [6, 6.07) is 0.269. The molecule has 13 heavy (non-hydrogen) atoms. The van der Waals surface area contributed by atoms with Crippen LogP contribution in [0.4, 0.5) is 0 Å². The van der Waals surface area contributed by atoms with Gasteiger partial charge in [0.2, 0.25) is 5.91 Å². The lowest BCUT2D eigenvalue weighted by molar-refractivity contribution is -0.120. The molecule has 78 valence electrons. The molecule has 4 heteroatoms. The molecule has 0 aromatic rings. The summed E-state index contributed by atoms with van der Waals surface area (Å²) in [7, 11) is 0. The van der Waals surface area contributed by atoms with Crippen molar-refractivity contribution >= 4 is 17.7 Å². The third-order valence-electron chi connectivity index (χ3n) is 1.54. The fraction of sp³-hybridized carbons (Fsp3) is 0.889. The first kappa shape index (κ1) is 12.8. The second-order valence-electron chi connectivity index (χ2n) is 3.10. The first-order chi connectivity index (χ1) is 6.20. The topological polar surface area (TPSA) is 41.1 Å². The van der Waals surface area contributed by atoms with Gasteiger partial charge in [0.1, 0.15) is 0 Å². The van der Waals surface area contributed by atoms with Crippen LogP contribution in [0.1, 0.15) is 20.3 Å². The van der Waals surface area contributed by atoms with Crippen molar-refractivity contribution in [2.75, 3.05) is 25.1 Å². The molecule has 1 unspecified atom stereocenters. The second-order valence-corrected chi connectivity index (χ2v) is 4.01. The van der Waals surface area contributed by atoms with Gasteiger partial charge in [-0.1, -0.05) is 6.92 Å². The van der Waals surface area contributed by atoms with Crippen LogP contribution in [0.5, 0.6) is 0 Å². The van der Waals surface area contributed by atoms with Gasteiger partial charge >= 0.3 is 0 Å². The quantitative estimate of drug-likeness (QED) is 0.604. The zero-order valence-corrected chi connectivity index (χ0v) is 9.54. The minimum absolute atomic E-state index is 0.0926. The number of hydrogen-bond donors (Lipinski definition) is 2. The van der Waals surface area contributed by atoms with Gasteiger partial charge in [0, 0.05) is 11.8 Å². The van der Waals surface area contributed by atoms with Crippen LogP contribution >= 0.6 is 11.8 Å². The molecule has 0 saturated heterocycles. The van der Waals surface area contributed by atoms with Crippen molar-refractivity contribution in [3.63, 3.8) is 0 Å². The Hall–Kier alpha value is -0.220. The summed E-state index contributed by atoms with van der Waals surface area (Å²) < 4.78 is 0. The van der Waals surface area contributed by atoms with Crippen LogP contribution in [-0.2, 0) is 4.79 Å².